The van der Waals surface area contributed by atoms with Gasteiger partial charge in [-0.25, -0.2) is 9.78 Å². The van der Waals surface area contributed by atoms with Crippen LogP contribution in [0.25, 0.3) is 55.6 Å². The minimum Gasteiger partial charge on any atom is -0.478 e. The molecule has 0 aliphatic heterocycles. The first-order valence-electron chi connectivity index (χ1n) is 13.4. The van der Waals surface area contributed by atoms with E-state index in [9.17, 15) is 9.90 Å². The maximum Gasteiger partial charge on any atom is 0.338 e. The molecule has 41 heavy (non-hydrogen) atoms. The molecule has 0 fully saturated rings. The fourth-order valence-electron chi connectivity index (χ4n) is 5.18. The predicted octanol–water partition coefficient (Wildman–Crippen LogP) is 10.9. The quantitative estimate of drug-likeness (QED) is 0.202. The Morgan fingerprint density at radius 1 is 0.756 bits per heavy atom. The van der Waals surface area contributed by atoms with Gasteiger partial charge in [-0.3, -0.25) is 0 Å². The number of carboxylic acid groups (broad SMARTS) is 1. The zero-order chi connectivity index (χ0) is 29.4. The van der Waals surface area contributed by atoms with Gasteiger partial charge in [0.05, 0.1) is 14.5 Å². The summed E-state index contributed by atoms with van der Waals surface area (Å²) in [6.07, 6.45) is 0. The lowest BCUT2D eigenvalue weighted by Crippen LogP contribution is -2.10. The summed E-state index contributed by atoms with van der Waals surface area (Å²) in [4.78, 5) is 17.9. The van der Waals surface area contributed by atoms with Crippen molar-refractivity contribution in [3.8, 4) is 22.8 Å². The summed E-state index contributed by atoms with van der Waals surface area (Å²) in [5.41, 5.74) is 4.83. The number of carboxylic acids is 1. The van der Waals surface area contributed by atoms with Crippen LogP contribution in [-0.4, -0.2) is 16.1 Å². The Bertz CT molecular complexity index is 2020. The first kappa shape index (κ1) is 27.7. The third-order valence-electron chi connectivity index (χ3n) is 7.46. The highest BCUT2D eigenvalue weighted by Crippen LogP contribution is 2.43. The number of carbonyl (C=O) groups is 1. The Morgan fingerprint density at radius 2 is 1.27 bits per heavy atom. The summed E-state index contributed by atoms with van der Waals surface area (Å²) in [5.74, 6) is -0.280. The van der Waals surface area contributed by atoms with Crippen molar-refractivity contribution in [3.05, 3.63) is 86.3 Å². The van der Waals surface area contributed by atoms with E-state index in [0.29, 0.717) is 39.2 Å². The molecule has 0 aliphatic carbocycles. The van der Waals surface area contributed by atoms with E-state index in [1.165, 1.54) is 0 Å². The van der Waals surface area contributed by atoms with Gasteiger partial charge in [0.1, 0.15) is 28.2 Å². The summed E-state index contributed by atoms with van der Waals surface area (Å²) >= 11 is 7.34. The molecule has 0 unspecified atom stereocenters. The molecule has 7 heteroatoms. The van der Waals surface area contributed by atoms with Crippen LogP contribution in [0, 0.1) is 0 Å². The Labute approximate surface area is 254 Å². The zero-order valence-electron chi connectivity index (χ0n) is 23.6. The average Bonchev–Trinajstić information content (AvgIpc) is 3.51. The minimum absolute atomic E-state index is 0.0288. The number of benzene rings is 3. The van der Waals surface area contributed by atoms with E-state index in [0.717, 1.165) is 30.8 Å². The number of furan rings is 2. The topological polar surface area (TPSA) is 76.5 Å². The number of fused-ring (bicyclic) bond motifs is 3. The van der Waals surface area contributed by atoms with E-state index in [2.05, 4.69) is 91.6 Å². The highest BCUT2D eigenvalue weighted by atomic mass is 79.9. The van der Waals surface area contributed by atoms with Crippen molar-refractivity contribution >= 4 is 70.7 Å². The normalized spacial score (nSPS) is 12.6. The van der Waals surface area contributed by atoms with E-state index in [1.807, 2.05) is 42.5 Å². The molecule has 0 aliphatic rings. The maximum atomic E-state index is 13.0. The summed E-state index contributed by atoms with van der Waals surface area (Å²) in [6.45, 7) is 12.9. The Kier molecular flexibility index (Phi) is 6.47. The lowest BCUT2D eigenvalue weighted by Gasteiger charge is -2.19. The summed E-state index contributed by atoms with van der Waals surface area (Å²) in [6, 6.07) is 19.6. The molecule has 0 radical (unpaired) electrons. The predicted molar refractivity (Wildman–Crippen MR) is 172 cm³/mol. The van der Waals surface area contributed by atoms with Gasteiger partial charge in [-0.1, -0.05) is 59.7 Å². The highest BCUT2D eigenvalue weighted by molar-refractivity contribution is 9.11. The Morgan fingerprint density at radius 3 is 1.80 bits per heavy atom. The Balaban J connectivity index is 1.66. The first-order chi connectivity index (χ1) is 19.2. The third kappa shape index (κ3) is 4.79. The second kappa shape index (κ2) is 9.57. The number of hydrogen-bond donors (Lipinski definition) is 1. The molecule has 0 bridgehead atoms. The summed E-state index contributed by atoms with van der Waals surface area (Å²) in [7, 11) is 0. The standard InChI is InChI=1S/C34H29Br2NO4/c1-33(2,3)19-11-17-13-25(40-30(17)22(35)15-19)27-21-9-7-8-10-24(21)37-29(28(27)32(38)39)26-14-18-12-20(34(4,5)6)16-23(36)31(18)41-26/h7-16H,1-6H3,(H,38,39). The van der Waals surface area contributed by atoms with E-state index in [1.54, 1.807) is 0 Å². The molecule has 0 amide bonds. The summed E-state index contributed by atoms with van der Waals surface area (Å²) < 4.78 is 14.3. The van der Waals surface area contributed by atoms with Gasteiger partial charge in [0.25, 0.3) is 0 Å². The lowest BCUT2D eigenvalue weighted by molar-refractivity contribution is 0.0698. The monoisotopic (exact) mass is 673 g/mol. The zero-order valence-corrected chi connectivity index (χ0v) is 26.8. The van der Waals surface area contributed by atoms with Crippen LogP contribution in [0.3, 0.4) is 0 Å². The first-order valence-corrected chi connectivity index (χ1v) is 14.9. The van der Waals surface area contributed by atoms with E-state index in [4.69, 9.17) is 13.8 Å². The van der Waals surface area contributed by atoms with Gasteiger partial charge in [0.2, 0.25) is 0 Å². The van der Waals surface area contributed by atoms with Crippen LogP contribution in [-0.2, 0) is 10.8 Å². The number of halogens is 2. The molecule has 3 heterocycles. The largest absolute Gasteiger partial charge is 0.478 e. The molecule has 1 N–H and O–H groups in total. The fraction of sp³-hybridized carbons (Fsp3) is 0.235. The highest BCUT2D eigenvalue weighted by Gasteiger charge is 2.28. The van der Waals surface area contributed by atoms with E-state index in [-0.39, 0.29) is 22.1 Å². The molecule has 0 atom stereocenters. The molecule has 208 valence electrons. The smallest absolute Gasteiger partial charge is 0.338 e. The van der Waals surface area contributed by atoms with Crippen LogP contribution in [0.4, 0.5) is 0 Å². The molecule has 6 aromatic rings. The number of para-hydroxylation sites is 1. The van der Waals surface area contributed by atoms with Crippen LogP contribution in [0.2, 0.25) is 0 Å². The number of hydrogen-bond acceptors (Lipinski definition) is 4. The van der Waals surface area contributed by atoms with Crippen molar-refractivity contribution in [1.29, 1.82) is 0 Å². The van der Waals surface area contributed by atoms with Crippen LogP contribution in [0.1, 0.15) is 63.0 Å². The van der Waals surface area contributed by atoms with E-state index < -0.39 is 5.97 Å². The number of rotatable bonds is 3. The van der Waals surface area contributed by atoms with Crippen molar-refractivity contribution in [2.45, 2.75) is 52.4 Å². The Hall–Kier alpha value is -3.42. The number of pyridine rings is 1. The van der Waals surface area contributed by atoms with Gasteiger partial charge in [0.15, 0.2) is 5.76 Å². The fourth-order valence-corrected chi connectivity index (χ4v) is 6.29. The molecular formula is C34H29Br2NO4. The maximum absolute atomic E-state index is 13.0. The molecule has 3 aromatic carbocycles. The van der Waals surface area contributed by atoms with Gasteiger partial charge >= 0.3 is 5.97 Å². The van der Waals surface area contributed by atoms with Crippen LogP contribution >= 0.6 is 31.9 Å². The van der Waals surface area contributed by atoms with Gasteiger partial charge in [-0.2, -0.15) is 0 Å². The van der Waals surface area contributed by atoms with Gasteiger partial charge in [-0.05, 0) is 96.3 Å². The van der Waals surface area contributed by atoms with Crippen LogP contribution in [0.15, 0.2) is 78.4 Å². The molecule has 0 spiro atoms. The van der Waals surface area contributed by atoms with Gasteiger partial charge < -0.3 is 13.9 Å². The van der Waals surface area contributed by atoms with Crippen molar-refractivity contribution < 1.29 is 18.7 Å². The van der Waals surface area contributed by atoms with Crippen molar-refractivity contribution in [2.24, 2.45) is 0 Å². The van der Waals surface area contributed by atoms with Gasteiger partial charge in [0, 0.05) is 21.7 Å². The van der Waals surface area contributed by atoms with E-state index >= 15 is 0 Å². The third-order valence-corrected chi connectivity index (χ3v) is 8.64. The SMILES string of the molecule is CC(C)(C)c1cc(Br)c2oc(-c3nc4ccccc4c(-c4cc5cc(C(C)(C)C)cc(Br)c5o4)c3C(=O)O)cc2c1. The molecule has 0 saturated carbocycles. The second-order valence-electron chi connectivity index (χ2n) is 12.5. The van der Waals surface area contributed by atoms with Crippen LogP contribution in [0.5, 0.6) is 0 Å². The molecule has 0 saturated heterocycles. The number of aromatic nitrogens is 1. The lowest BCUT2D eigenvalue weighted by atomic mass is 9.86. The van der Waals surface area contributed by atoms with Crippen molar-refractivity contribution in [2.75, 3.05) is 0 Å². The second-order valence-corrected chi connectivity index (χ2v) is 14.2. The summed E-state index contributed by atoms with van der Waals surface area (Å²) in [5, 5.41) is 13.1. The minimum atomic E-state index is -1.11. The van der Waals surface area contributed by atoms with Gasteiger partial charge in [-0.15, -0.1) is 0 Å². The average molecular weight is 675 g/mol. The molecule has 6 rings (SSSR count). The molecular weight excluding hydrogens is 646 g/mol. The van der Waals surface area contributed by atoms with Crippen LogP contribution < -0.4 is 0 Å². The molecule has 3 aromatic heterocycles. The molecule has 5 nitrogen and oxygen atoms in total. The number of nitrogens with zero attached hydrogens (tertiary/aromatic N) is 1. The number of aromatic carboxylic acids is 1. The van der Waals surface area contributed by atoms with Crippen molar-refractivity contribution in [1.82, 2.24) is 4.98 Å². The van der Waals surface area contributed by atoms with Crippen molar-refractivity contribution in [3.63, 3.8) is 0 Å².